The summed E-state index contributed by atoms with van der Waals surface area (Å²) in [4.78, 5) is 7.45. The molecule has 1 atom stereocenters. The molecule has 0 radical (unpaired) electrons. The first kappa shape index (κ1) is 14.2. The van der Waals surface area contributed by atoms with Crippen molar-refractivity contribution < 1.29 is 17.9 Å². The van der Waals surface area contributed by atoms with E-state index in [2.05, 4.69) is 20.6 Å². The standard InChI is InChI=1S/C13H12F3N5O/c1-22-7-2-3-8-9(4-7)21-12(20-8,13(14,15)16)10-5-19-11(17)6-18-10/h2-6,20-21H,1H3,(H2,17,19). The molecule has 22 heavy (non-hydrogen) atoms. The number of halogens is 3. The molecule has 0 bridgehead atoms. The Hall–Kier alpha value is -2.71. The van der Waals surface area contributed by atoms with Gasteiger partial charge < -0.3 is 21.1 Å². The van der Waals surface area contributed by atoms with Crippen LogP contribution in [0.4, 0.5) is 30.4 Å². The van der Waals surface area contributed by atoms with Crippen LogP contribution in [0.5, 0.6) is 5.75 Å². The summed E-state index contributed by atoms with van der Waals surface area (Å²) >= 11 is 0. The van der Waals surface area contributed by atoms with Crippen LogP contribution in [0.1, 0.15) is 5.69 Å². The summed E-state index contributed by atoms with van der Waals surface area (Å²) in [7, 11) is 1.44. The van der Waals surface area contributed by atoms with Gasteiger partial charge in [-0.2, -0.15) is 13.2 Å². The highest BCUT2D eigenvalue weighted by molar-refractivity contribution is 5.78. The van der Waals surface area contributed by atoms with Gasteiger partial charge in [-0.15, -0.1) is 0 Å². The van der Waals surface area contributed by atoms with Crippen molar-refractivity contribution in [3.8, 4) is 5.75 Å². The Kier molecular flexibility index (Phi) is 3.01. The smallest absolute Gasteiger partial charge is 0.436 e. The van der Waals surface area contributed by atoms with Crippen LogP contribution in [0.2, 0.25) is 0 Å². The number of nitrogens with one attached hydrogen (secondary N) is 2. The molecule has 1 aliphatic heterocycles. The van der Waals surface area contributed by atoms with Crippen molar-refractivity contribution in [3.63, 3.8) is 0 Å². The number of ether oxygens (including phenoxy) is 1. The molecule has 1 unspecified atom stereocenters. The predicted octanol–water partition coefficient (Wildman–Crippen LogP) is 2.32. The number of rotatable bonds is 2. The third kappa shape index (κ3) is 2.05. The Balaban J connectivity index is 2.09. The molecule has 116 valence electrons. The van der Waals surface area contributed by atoms with E-state index in [1.807, 2.05) is 0 Å². The van der Waals surface area contributed by atoms with Crippen LogP contribution in [-0.2, 0) is 5.66 Å². The van der Waals surface area contributed by atoms with Crippen LogP contribution < -0.4 is 21.1 Å². The third-order valence-electron chi connectivity index (χ3n) is 3.35. The summed E-state index contributed by atoms with van der Waals surface area (Å²) in [5, 5.41) is 4.88. The number of nitrogens with zero attached hydrogens (tertiary/aromatic N) is 2. The Labute approximate surface area is 123 Å². The van der Waals surface area contributed by atoms with Gasteiger partial charge in [-0.3, -0.25) is 4.98 Å². The molecular formula is C13H12F3N5O. The lowest BCUT2D eigenvalue weighted by atomic mass is 10.1. The van der Waals surface area contributed by atoms with Crippen LogP contribution in [0.15, 0.2) is 30.6 Å². The molecule has 0 spiro atoms. The summed E-state index contributed by atoms with van der Waals surface area (Å²) in [5.74, 6) is 0.479. The number of nitrogens with two attached hydrogens (primary N) is 1. The highest BCUT2D eigenvalue weighted by Gasteiger charge is 2.60. The molecule has 0 aliphatic carbocycles. The number of hydrogen-bond acceptors (Lipinski definition) is 6. The highest BCUT2D eigenvalue weighted by Crippen LogP contribution is 2.48. The van der Waals surface area contributed by atoms with Gasteiger partial charge in [0.15, 0.2) is 0 Å². The first-order valence-electron chi connectivity index (χ1n) is 6.25. The van der Waals surface area contributed by atoms with Gasteiger partial charge in [0.25, 0.3) is 5.66 Å². The van der Waals surface area contributed by atoms with Crippen molar-refractivity contribution in [1.82, 2.24) is 9.97 Å². The maximum Gasteiger partial charge on any atom is 0.436 e. The van der Waals surface area contributed by atoms with Crippen LogP contribution in [-0.4, -0.2) is 23.3 Å². The minimum atomic E-state index is -4.66. The zero-order valence-corrected chi connectivity index (χ0v) is 11.4. The Morgan fingerprint density at radius 3 is 2.45 bits per heavy atom. The predicted molar refractivity (Wildman–Crippen MR) is 74.4 cm³/mol. The van der Waals surface area contributed by atoms with E-state index in [0.717, 1.165) is 12.4 Å². The first-order chi connectivity index (χ1) is 10.4. The zero-order chi connectivity index (χ0) is 16.0. The third-order valence-corrected chi connectivity index (χ3v) is 3.35. The van der Waals surface area contributed by atoms with Crippen molar-refractivity contribution in [2.45, 2.75) is 11.8 Å². The van der Waals surface area contributed by atoms with Crippen molar-refractivity contribution in [2.75, 3.05) is 23.5 Å². The fourth-order valence-corrected chi connectivity index (χ4v) is 2.24. The molecule has 4 N–H and O–H groups in total. The average molecular weight is 311 g/mol. The van der Waals surface area contributed by atoms with E-state index in [1.165, 1.54) is 19.2 Å². The molecule has 6 nitrogen and oxygen atoms in total. The largest absolute Gasteiger partial charge is 0.497 e. The molecule has 9 heteroatoms. The van der Waals surface area contributed by atoms with Gasteiger partial charge in [0.05, 0.1) is 30.9 Å². The first-order valence-corrected chi connectivity index (χ1v) is 6.25. The normalized spacial score (nSPS) is 20.0. The van der Waals surface area contributed by atoms with Gasteiger partial charge in [0, 0.05) is 6.07 Å². The van der Waals surface area contributed by atoms with Gasteiger partial charge in [-0.25, -0.2) is 4.98 Å². The SMILES string of the molecule is COc1ccc2c(c1)NC(c1cnc(N)cn1)(C(F)(F)F)N2. The number of aromatic nitrogens is 2. The van der Waals surface area contributed by atoms with Crippen molar-refractivity contribution in [2.24, 2.45) is 0 Å². The molecule has 1 aromatic heterocycles. The molecule has 2 heterocycles. The quantitative estimate of drug-likeness (QED) is 0.789. The van der Waals surface area contributed by atoms with E-state index in [9.17, 15) is 13.2 Å². The summed E-state index contributed by atoms with van der Waals surface area (Å²) in [6.07, 6.45) is -2.59. The molecule has 1 aliphatic rings. The van der Waals surface area contributed by atoms with Crippen LogP contribution in [0.25, 0.3) is 0 Å². The Morgan fingerprint density at radius 1 is 1.14 bits per heavy atom. The fourth-order valence-electron chi connectivity index (χ4n) is 2.24. The van der Waals surface area contributed by atoms with E-state index >= 15 is 0 Å². The van der Waals surface area contributed by atoms with E-state index in [-0.39, 0.29) is 22.9 Å². The van der Waals surface area contributed by atoms with E-state index in [1.54, 1.807) is 6.07 Å². The Bertz CT molecular complexity index is 704. The monoisotopic (exact) mass is 311 g/mol. The second-order valence-electron chi connectivity index (χ2n) is 4.74. The fraction of sp³-hybridized carbons (Fsp3) is 0.231. The van der Waals surface area contributed by atoms with E-state index in [0.29, 0.717) is 5.75 Å². The number of anilines is 3. The molecule has 0 saturated heterocycles. The van der Waals surface area contributed by atoms with Crippen LogP contribution in [0, 0.1) is 0 Å². The van der Waals surface area contributed by atoms with Gasteiger partial charge in [-0.1, -0.05) is 0 Å². The number of alkyl halides is 3. The minimum absolute atomic E-state index is 0.0401. The number of hydrogen-bond donors (Lipinski definition) is 3. The van der Waals surface area contributed by atoms with Gasteiger partial charge in [0.1, 0.15) is 17.3 Å². The number of fused-ring (bicyclic) bond motifs is 1. The van der Waals surface area contributed by atoms with Crippen molar-refractivity contribution in [3.05, 3.63) is 36.3 Å². The highest BCUT2D eigenvalue weighted by atomic mass is 19.4. The van der Waals surface area contributed by atoms with Gasteiger partial charge >= 0.3 is 6.18 Å². The number of methoxy groups -OCH3 is 1. The Morgan fingerprint density at radius 2 is 1.86 bits per heavy atom. The maximum atomic E-state index is 13.7. The number of benzene rings is 1. The van der Waals surface area contributed by atoms with E-state index < -0.39 is 11.8 Å². The van der Waals surface area contributed by atoms with Crippen molar-refractivity contribution >= 4 is 17.2 Å². The minimum Gasteiger partial charge on any atom is -0.497 e. The van der Waals surface area contributed by atoms with Crippen LogP contribution >= 0.6 is 0 Å². The second-order valence-corrected chi connectivity index (χ2v) is 4.74. The molecule has 0 amide bonds. The summed E-state index contributed by atoms with van der Waals surface area (Å²) in [6.45, 7) is 0. The van der Waals surface area contributed by atoms with Gasteiger partial charge in [0.2, 0.25) is 0 Å². The average Bonchev–Trinajstić information content (AvgIpc) is 2.87. The zero-order valence-electron chi connectivity index (χ0n) is 11.4. The molecule has 3 rings (SSSR count). The van der Waals surface area contributed by atoms with E-state index in [4.69, 9.17) is 10.5 Å². The molecule has 1 aromatic carbocycles. The lowest BCUT2D eigenvalue weighted by molar-refractivity contribution is -0.173. The molecular weight excluding hydrogens is 299 g/mol. The van der Waals surface area contributed by atoms with Crippen molar-refractivity contribution in [1.29, 1.82) is 0 Å². The summed E-state index contributed by atoms with van der Waals surface area (Å²) in [6, 6.07) is 4.54. The summed E-state index contributed by atoms with van der Waals surface area (Å²) in [5.41, 5.74) is 3.04. The maximum absolute atomic E-state index is 13.7. The summed E-state index contributed by atoms with van der Waals surface area (Å²) < 4.78 is 46.1. The second kappa shape index (κ2) is 4.65. The lowest BCUT2D eigenvalue weighted by Gasteiger charge is -2.31. The topological polar surface area (TPSA) is 85.1 Å². The number of nitrogen functional groups attached to an aromatic ring is 1. The molecule has 2 aromatic rings. The molecule has 0 fully saturated rings. The molecule has 0 saturated carbocycles. The lowest BCUT2D eigenvalue weighted by Crippen LogP contribution is -2.52. The van der Waals surface area contributed by atoms with Crippen LogP contribution in [0.3, 0.4) is 0 Å². The van der Waals surface area contributed by atoms with Gasteiger partial charge in [-0.05, 0) is 12.1 Å².